The van der Waals surface area contributed by atoms with Crippen LogP contribution in [0, 0.1) is 5.82 Å². The van der Waals surface area contributed by atoms with E-state index in [4.69, 9.17) is 0 Å². The third-order valence-electron chi connectivity index (χ3n) is 2.95. The number of rotatable bonds is 4. The number of aromatic hydroxyl groups is 1. The van der Waals surface area contributed by atoms with Crippen molar-refractivity contribution < 1.29 is 17.9 Å². The standard InChI is InChI=1S/C14H15FN2O3S/c1-9(12-5-4-11(18)7-13(12)15)17-10-3-6-14(16-8-10)21(2,19)20/h3-9,17-18H,1-2H3. The number of hydrogen-bond acceptors (Lipinski definition) is 5. The van der Waals surface area contributed by atoms with Crippen molar-refractivity contribution in [3.05, 3.63) is 47.9 Å². The summed E-state index contributed by atoms with van der Waals surface area (Å²) in [4.78, 5) is 3.85. The molecule has 1 atom stereocenters. The van der Waals surface area contributed by atoms with Gasteiger partial charge in [0.2, 0.25) is 0 Å². The Bertz CT molecular complexity index is 745. The quantitative estimate of drug-likeness (QED) is 0.907. The monoisotopic (exact) mass is 310 g/mol. The van der Waals surface area contributed by atoms with Gasteiger partial charge in [-0.05, 0) is 25.1 Å². The topological polar surface area (TPSA) is 79.3 Å². The normalized spacial score (nSPS) is 12.9. The number of pyridine rings is 1. The number of anilines is 1. The predicted octanol–water partition coefficient (Wildman–Crippen LogP) is 2.50. The molecule has 1 aromatic heterocycles. The van der Waals surface area contributed by atoms with E-state index in [1.54, 1.807) is 13.0 Å². The minimum Gasteiger partial charge on any atom is -0.508 e. The van der Waals surface area contributed by atoms with Crippen LogP contribution in [-0.2, 0) is 9.84 Å². The molecule has 2 N–H and O–H groups in total. The highest BCUT2D eigenvalue weighted by Crippen LogP contribution is 2.24. The third-order valence-corrected chi connectivity index (χ3v) is 3.95. The Balaban J connectivity index is 2.18. The molecule has 0 amide bonds. The van der Waals surface area contributed by atoms with Crippen LogP contribution in [0.3, 0.4) is 0 Å². The van der Waals surface area contributed by atoms with Crippen molar-refractivity contribution in [1.82, 2.24) is 4.98 Å². The van der Waals surface area contributed by atoms with Crippen LogP contribution in [0.4, 0.5) is 10.1 Å². The molecule has 1 unspecified atom stereocenters. The maximum Gasteiger partial charge on any atom is 0.192 e. The highest BCUT2D eigenvalue weighted by molar-refractivity contribution is 7.90. The van der Waals surface area contributed by atoms with Gasteiger partial charge in [-0.3, -0.25) is 0 Å². The fraction of sp³-hybridized carbons (Fsp3) is 0.214. The Hall–Kier alpha value is -2.15. The molecule has 1 aromatic carbocycles. The van der Waals surface area contributed by atoms with Crippen LogP contribution >= 0.6 is 0 Å². The molecule has 0 saturated carbocycles. The van der Waals surface area contributed by atoms with Crippen LogP contribution < -0.4 is 5.32 Å². The Labute approximate surface area is 122 Å². The number of benzene rings is 1. The molecule has 0 aliphatic rings. The number of hydrogen-bond donors (Lipinski definition) is 2. The summed E-state index contributed by atoms with van der Waals surface area (Å²) in [6, 6.07) is 6.52. The fourth-order valence-corrected chi connectivity index (χ4v) is 2.44. The lowest BCUT2D eigenvalue weighted by Crippen LogP contribution is -2.09. The fourth-order valence-electron chi connectivity index (χ4n) is 1.88. The SMILES string of the molecule is CC(Nc1ccc(S(C)(=O)=O)nc1)c1ccc(O)cc1F. The van der Waals surface area contributed by atoms with Crippen molar-refractivity contribution in [2.45, 2.75) is 18.0 Å². The van der Waals surface area contributed by atoms with Crippen LogP contribution in [0.2, 0.25) is 0 Å². The Morgan fingerprint density at radius 1 is 1.29 bits per heavy atom. The number of nitrogens with zero attached hydrogens (tertiary/aromatic N) is 1. The van der Waals surface area contributed by atoms with Crippen molar-refractivity contribution in [2.75, 3.05) is 11.6 Å². The number of aromatic nitrogens is 1. The zero-order valence-corrected chi connectivity index (χ0v) is 12.4. The Morgan fingerprint density at radius 3 is 2.52 bits per heavy atom. The van der Waals surface area contributed by atoms with Gasteiger partial charge < -0.3 is 10.4 Å². The van der Waals surface area contributed by atoms with E-state index in [1.165, 1.54) is 24.4 Å². The summed E-state index contributed by atoms with van der Waals surface area (Å²) in [5.74, 6) is -0.654. The molecule has 0 spiro atoms. The molecule has 0 aliphatic carbocycles. The lowest BCUT2D eigenvalue weighted by atomic mass is 10.1. The average molecular weight is 310 g/mol. The second kappa shape index (κ2) is 5.69. The summed E-state index contributed by atoms with van der Waals surface area (Å²) < 4.78 is 36.3. The molecule has 0 saturated heterocycles. The highest BCUT2D eigenvalue weighted by Gasteiger charge is 2.13. The van der Waals surface area contributed by atoms with Gasteiger partial charge in [0.15, 0.2) is 14.9 Å². The molecule has 112 valence electrons. The van der Waals surface area contributed by atoms with Crippen LogP contribution in [0.15, 0.2) is 41.6 Å². The van der Waals surface area contributed by atoms with Crippen molar-refractivity contribution in [2.24, 2.45) is 0 Å². The molecule has 5 nitrogen and oxygen atoms in total. The van der Waals surface area contributed by atoms with E-state index in [1.807, 2.05) is 0 Å². The summed E-state index contributed by atoms with van der Waals surface area (Å²) in [6.45, 7) is 1.75. The summed E-state index contributed by atoms with van der Waals surface area (Å²) in [6.07, 6.45) is 2.46. The molecular weight excluding hydrogens is 295 g/mol. The van der Waals surface area contributed by atoms with E-state index in [0.29, 0.717) is 11.3 Å². The van der Waals surface area contributed by atoms with E-state index in [9.17, 15) is 17.9 Å². The summed E-state index contributed by atoms with van der Waals surface area (Å²) >= 11 is 0. The molecule has 0 aliphatic heterocycles. The number of halogens is 1. The Kier molecular flexibility index (Phi) is 4.13. The summed E-state index contributed by atoms with van der Waals surface area (Å²) in [7, 11) is -3.34. The molecule has 0 radical (unpaired) electrons. The molecule has 21 heavy (non-hydrogen) atoms. The summed E-state index contributed by atoms with van der Waals surface area (Å²) in [5.41, 5.74) is 0.961. The smallest absolute Gasteiger partial charge is 0.192 e. The van der Waals surface area contributed by atoms with Crippen molar-refractivity contribution in [3.63, 3.8) is 0 Å². The Morgan fingerprint density at radius 2 is 2.00 bits per heavy atom. The average Bonchev–Trinajstić information content (AvgIpc) is 2.38. The maximum absolute atomic E-state index is 13.7. The second-order valence-corrected chi connectivity index (χ2v) is 6.69. The number of nitrogens with one attached hydrogen (secondary N) is 1. The van der Waals surface area contributed by atoms with Gasteiger partial charge in [-0.2, -0.15) is 0 Å². The third kappa shape index (κ3) is 3.69. The lowest BCUT2D eigenvalue weighted by Gasteiger charge is -2.16. The number of sulfone groups is 1. The van der Waals surface area contributed by atoms with E-state index in [0.717, 1.165) is 12.3 Å². The van der Waals surface area contributed by atoms with Gasteiger partial charge in [-0.1, -0.05) is 6.07 Å². The molecular formula is C14H15FN2O3S. The van der Waals surface area contributed by atoms with Gasteiger partial charge in [0, 0.05) is 17.9 Å². The van der Waals surface area contributed by atoms with Crippen LogP contribution in [0.1, 0.15) is 18.5 Å². The minimum absolute atomic E-state index is 0.0171. The maximum atomic E-state index is 13.7. The zero-order valence-electron chi connectivity index (χ0n) is 11.5. The van der Waals surface area contributed by atoms with Crippen molar-refractivity contribution >= 4 is 15.5 Å². The number of phenols is 1. The number of phenolic OH excluding ortho intramolecular Hbond substituents is 1. The van der Waals surface area contributed by atoms with Gasteiger partial charge in [0.1, 0.15) is 11.6 Å². The van der Waals surface area contributed by atoms with Crippen molar-refractivity contribution in [3.8, 4) is 5.75 Å². The molecule has 2 rings (SSSR count). The largest absolute Gasteiger partial charge is 0.508 e. The van der Waals surface area contributed by atoms with E-state index in [-0.39, 0.29) is 16.8 Å². The van der Waals surface area contributed by atoms with Gasteiger partial charge >= 0.3 is 0 Å². The van der Waals surface area contributed by atoms with Crippen LogP contribution in [-0.4, -0.2) is 24.8 Å². The van der Waals surface area contributed by atoms with Crippen LogP contribution in [0.25, 0.3) is 0 Å². The van der Waals surface area contributed by atoms with E-state index >= 15 is 0 Å². The lowest BCUT2D eigenvalue weighted by molar-refractivity contribution is 0.467. The van der Waals surface area contributed by atoms with Gasteiger partial charge in [-0.15, -0.1) is 0 Å². The first kappa shape index (κ1) is 15.2. The van der Waals surface area contributed by atoms with E-state index in [2.05, 4.69) is 10.3 Å². The first-order valence-corrected chi connectivity index (χ1v) is 8.07. The van der Waals surface area contributed by atoms with Gasteiger partial charge in [0.25, 0.3) is 0 Å². The minimum atomic E-state index is -3.34. The molecule has 0 bridgehead atoms. The summed E-state index contributed by atoms with van der Waals surface area (Å²) in [5, 5.41) is 12.2. The molecule has 0 fully saturated rings. The molecule has 2 aromatic rings. The zero-order chi connectivity index (χ0) is 15.6. The second-order valence-electron chi connectivity index (χ2n) is 4.73. The van der Waals surface area contributed by atoms with Gasteiger partial charge in [0.05, 0.1) is 17.9 Å². The first-order valence-electron chi connectivity index (χ1n) is 6.18. The molecule has 7 heteroatoms. The van der Waals surface area contributed by atoms with E-state index < -0.39 is 15.7 Å². The van der Waals surface area contributed by atoms with Crippen molar-refractivity contribution in [1.29, 1.82) is 0 Å². The van der Waals surface area contributed by atoms with Crippen LogP contribution in [0.5, 0.6) is 5.75 Å². The first-order chi connectivity index (χ1) is 9.77. The van der Waals surface area contributed by atoms with Gasteiger partial charge in [-0.25, -0.2) is 17.8 Å². The highest BCUT2D eigenvalue weighted by atomic mass is 32.2. The molecule has 1 heterocycles. The predicted molar refractivity (Wildman–Crippen MR) is 77.4 cm³/mol.